The van der Waals surface area contributed by atoms with Crippen LogP contribution >= 0.6 is 11.3 Å². The summed E-state index contributed by atoms with van der Waals surface area (Å²) in [5, 5.41) is 10.3. The first-order chi connectivity index (χ1) is 12.1. The molecular formula is C20H18FNO2S. The van der Waals surface area contributed by atoms with E-state index in [0.29, 0.717) is 16.8 Å². The predicted molar refractivity (Wildman–Crippen MR) is 97.7 cm³/mol. The van der Waals surface area contributed by atoms with Crippen molar-refractivity contribution in [1.82, 2.24) is 4.98 Å². The standard InChI is InChI=1S/C20H18FNO2S/c1-11-14(10-17(23)24)18(12-6-2-4-8-15(12)21)19-13-7-3-5-9-16(13)25-20(19)22-11/h2,4,6,8H,3,5,7,9-10H2,1H3,(H,23,24). The highest BCUT2D eigenvalue weighted by molar-refractivity contribution is 7.19. The van der Waals surface area contributed by atoms with Crippen molar-refractivity contribution >= 4 is 27.5 Å². The first kappa shape index (κ1) is 16.2. The van der Waals surface area contributed by atoms with E-state index in [0.717, 1.165) is 41.5 Å². The van der Waals surface area contributed by atoms with Crippen LogP contribution in [0.4, 0.5) is 4.39 Å². The molecule has 0 radical (unpaired) electrons. The zero-order valence-corrected chi connectivity index (χ0v) is 14.8. The van der Waals surface area contributed by atoms with Crippen LogP contribution < -0.4 is 0 Å². The summed E-state index contributed by atoms with van der Waals surface area (Å²) in [5.41, 5.74) is 3.73. The molecule has 0 saturated carbocycles. The molecule has 0 saturated heterocycles. The van der Waals surface area contributed by atoms with Gasteiger partial charge in [0.05, 0.1) is 6.42 Å². The fourth-order valence-corrected chi connectivity index (χ4v) is 5.09. The number of halogens is 1. The quantitative estimate of drug-likeness (QED) is 0.726. The van der Waals surface area contributed by atoms with Gasteiger partial charge < -0.3 is 5.11 Å². The van der Waals surface area contributed by atoms with E-state index in [1.807, 2.05) is 6.92 Å². The van der Waals surface area contributed by atoms with Crippen LogP contribution in [0.15, 0.2) is 24.3 Å². The summed E-state index contributed by atoms with van der Waals surface area (Å²) in [7, 11) is 0. The van der Waals surface area contributed by atoms with E-state index < -0.39 is 5.97 Å². The Hall–Kier alpha value is -2.27. The second-order valence-corrected chi connectivity index (χ2v) is 7.58. The second-order valence-electron chi connectivity index (χ2n) is 6.49. The lowest BCUT2D eigenvalue weighted by Crippen LogP contribution is -2.07. The maximum atomic E-state index is 14.6. The molecule has 25 heavy (non-hydrogen) atoms. The minimum atomic E-state index is -0.925. The van der Waals surface area contributed by atoms with Crippen molar-refractivity contribution in [3.05, 3.63) is 51.8 Å². The van der Waals surface area contributed by atoms with Crippen LogP contribution in [0.3, 0.4) is 0 Å². The van der Waals surface area contributed by atoms with Crippen LogP contribution in [0.5, 0.6) is 0 Å². The highest BCUT2D eigenvalue weighted by atomic mass is 32.1. The number of aliphatic carboxylic acids is 1. The molecule has 0 amide bonds. The van der Waals surface area contributed by atoms with Gasteiger partial charge in [0.25, 0.3) is 0 Å². The molecule has 3 nitrogen and oxygen atoms in total. The maximum absolute atomic E-state index is 14.6. The molecule has 4 rings (SSSR count). The number of benzene rings is 1. The molecule has 1 aromatic carbocycles. The van der Waals surface area contributed by atoms with Crippen molar-refractivity contribution in [3.63, 3.8) is 0 Å². The van der Waals surface area contributed by atoms with Gasteiger partial charge >= 0.3 is 5.97 Å². The van der Waals surface area contributed by atoms with Gasteiger partial charge in [0.2, 0.25) is 0 Å². The van der Waals surface area contributed by atoms with Gasteiger partial charge in [0.1, 0.15) is 10.6 Å². The molecule has 1 aliphatic rings. The van der Waals surface area contributed by atoms with Crippen molar-refractivity contribution in [2.75, 3.05) is 0 Å². The van der Waals surface area contributed by atoms with Gasteiger partial charge in [-0.25, -0.2) is 9.37 Å². The Balaban J connectivity index is 2.13. The zero-order valence-electron chi connectivity index (χ0n) is 13.9. The van der Waals surface area contributed by atoms with Gasteiger partial charge in [-0.3, -0.25) is 4.79 Å². The number of carboxylic acids is 1. The number of thiophene rings is 1. The smallest absolute Gasteiger partial charge is 0.307 e. The summed E-state index contributed by atoms with van der Waals surface area (Å²) in [6.45, 7) is 1.82. The van der Waals surface area contributed by atoms with E-state index in [4.69, 9.17) is 0 Å². The third kappa shape index (κ3) is 2.72. The Kier molecular flexibility index (Phi) is 4.04. The molecule has 1 N–H and O–H groups in total. The second kappa shape index (κ2) is 6.23. The number of carbonyl (C=O) groups is 1. The minimum absolute atomic E-state index is 0.150. The van der Waals surface area contributed by atoms with Gasteiger partial charge in [-0.2, -0.15) is 0 Å². The summed E-state index contributed by atoms with van der Waals surface area (Å²) in [4.78, 5) is 18.3. The number of nitrogens with zero attached hydrogens (tertiary/aromatic N) is 1. The average molecular weight is 355 g/mol. The third-order valence-electron chi connectivity index (χ3n) is 4.88. The Morgan fingerprint density at radius 1 is 1.28 bits per heavy atom. The summed E-state index contributed by atoms with van der Waals surface area (Å²) < 4.78 is 14.6. The van der Waals surface area contributed by atoms with Crippen molar-refractivity contribution in [2.45, 2.75) is 39.0 Å². The van der Waals surface area contributed by atoms with E-state index in [1.54, 1.807) is 29.5 Å². The SMILES string of the molecule is Cc1nc2sc3c(c2c(-c2ccccc2F)c1CC(=O)O)CCCC3. The topological polar surface area (TPSA) is 50.2 Å². The number of pyridine rings is 1. The van der Waals surface area contributed by atoms with Crippen molar-refractivity contribution < 1.29 is 14.3 Å². The van der Waals surface area contributed by atoms with E-state index in [9.17, 15) is 14.3 Å². The number of rotatable bonds is 3. The third-order valence-corrected chi connectivity index (χ3v) is 6.07. The van der Waals surface area contributed by atoms with Gasteiger partial charge in [0, 0.05) is 27.1 Å². The summed E-state index contributed by atoms with van der Waals surface area (Å²) in [6.07, 6.45) is 4.10. The van der Waals surface area contributed by atoms with E-state index in [2.05, 4.69) is 4.98 Å². The molecule has 3 aromatic rings. The Morgan fingerprint density at radius 3 is 2.80 bits per heavy atom. The van der Waals surface area contributed by atoms with Gasteiger partial charge in [-0.15, -0.1) is 11.3 Å². The molecule has 1 aliphatic carbocycles. The Bertz CT molecular complexity index is 993. The van der Waals surface area contributed by atoms with Crippen molar-refractivity contribution in [2.24, 2.45) is 0 Å². The Labute approximate surface area is 149 Å². The zero-order chi connectivity index (χ0) is 17.6. The average Bonchev–Trinajstić information content (AvgIpc) is 2.94. The van der Waals surface area contributed by atoms with E-state index >= 15 is 0 Å². The van der Waals surface area contributed by atoms with Gasteiger partial charge in [-0.1, -0.05) is 18.2 Å². The number of hydrogen-bond donors (Lipinski definition) is 1. The molecule has 5 heteroatoms. The summed E-state index contributed by atoms with van der Waals surface area (Å²) >= 11 is 1.68. The molecule has 0 atom stereocenters. The van der Waals surface area contributed by atoms with E-state index in [-0.39, 0.29) is 12.2 Å². The summed E-state index contributed by atoms with van der Waals surface area (Å²) in [6, 6.07) is 6.62. The molecular weight excluding hydrogens is 337 g/mol. The van der Waals surface area contributed by atoms with Crippen LogP contribution in [0.2, 0.25) is 0 Å². The number of hydrogen-bond acceptors (Lipinski definition) is 3. The number of aryl methyl sites for hydroxylation is 3. The van der Waals surface area contributed by atoms with Crippen LogP contribution in [-0.4, -0.2) is 16.1 Å². The summed E-state index contributed by atoms with van der Waals surface area (Å²) in [5.74, 6) is -1.25. The molecule has 0 bridgehead atoms. The van der Waals surface area contributed by atoms with Crippen LogP contribution in [0.25, 0.3) is 21.3 Å². The molecule has 128 valence electrons. The van der Waals surface area contributed by atoms with Crippen molar-refractivity contribution in [1.29, 1.82) is 0 Å². The first-order valence-electron chi connectivity index (χ1n) is 8.46. The normalized spacial score (nSPS) is 13.8. The molecule has 2 aromatic heterocycles. The fraction of sp³-hybridized carbons (Fsp3) is 0.300. The van der Waals surface area contributed by atoms with Crippen LogP contribution in [0, 0.1) is 12.7 Å². The van der Waals surface area contributed by atoms with Crippen LogP contribution in [0.1, 0.15) is 34.5 Å². The molecule has 0 unspecified atom stereocenters. The van der Waals surface area contributed by atoms with Gasteiger partial charge in [0.15, 0.2) is 0 Å². The first-order valence-corrected chi connectivity index (χ1v) is 9.28. The highest BCUT2D eigenvalue weighted by Gasteiger charge is 2.25. The predicted octanol–water partition coefficient (Wildman–Crippen LogP) is 4.92. The van der Waals surface area contributed by atoms with Crippen LogP contribution in [-0.2, 0) is 24.1 Å². The number of carboxylic acid groups (broad SMARTS) is 1. The molecule has 0 aliphatic heterocycles. The lowest BCUT2D eigenvalue weighted by Gasteiger charge is -2.16. The maximum Gasteiger partial charge on any atom is 0.307 e. The number of aromatic nitrogens is 1. The number of fused-ring (bicyclic) bond motifs is 3. The van der Waals surface area contributed by atoms with E-state index in [1.165, 1.54) is 16.5 Å². The molecule has 0 spiro atoms. The monoisotopic (exact) mass is 355 g/mol. The van der Waals surface area contributed by atoms with Crippen molar-refractivity contribution in [3.8, 4) is 11.1 Å². The molecule has 2 heterocycles. The lowest BCUT2D eigenvalue weighted by atomic mass is 9.89. The highest BCUT2D eigenvalue weighted by Crippen LogP contribution is 2.43. The largest absolute Gasteiger partial charge is 0.481 e. The lowest BCUT2D eigenvalue weighted by molar-refractivity contribution is -0.136. The minimum Gasteiger partial charge on any atom is -0.481 e. The fourth-order valence-electron chi connectivity index (χ4n) is 3.77. The Morgan fingerprint density at radius 2 is 2.04 bits per heavy atom. The van der Waals surface area contributed by atoms with Gasteiger partial charge in [-0.05, 0) is 49.8 Å². The molecule has 0 fully saturated rings.